The van der Waals surface area contributed by atoms with Gasteiger partial charge in [-0.1, -0.05) is 50.6 Å². The zero-order valence-corrected chi connectivity index (χ0v) is 13.0. The first-order valence-corrected chi connectivity index (χ1v) is 6.49. The van der Waals surface area contributed by atoms with Gasteiger partial charge in [-0.25, -0.2) is 0 Å². The molecule has 1 aromatic carbocycles. The van der Waals surface area contributed by atoms with Crippen LogP contribution in [0.1, 0.15) is 32.8 Å². The minimum atomic E-state index is -0.955. The highest BCUT2D eigenvalue weighted by atomic mass is 35.5. The van der Waals surface area contributed by atoms with E-state index in [9.17, 15) is 4.79 Å². The normalized spacial score (nSPS) is 15.0. The molecule has 0 aliphatic carbocycles. The molecule has 0 heterocycles. The molecule has 1 amide bonds. The van der Waals surface area contributed by atoms with E-state index < -0.39 is 5.54 Å². The minimum Gasteiger partial charge on any atom is -0.344 e. The Bertz CT molecular complexity index is 392. The largest absolute Gasteiger partial charge is 0.344 e. The van der Waals surface area contributed by atoms with E-state index in [1.807, 2.05) is 37.4 Å². The van der Waals surface area contributed by atoms with Gasteiger partial charge in [0.25, 0.3) is 0 Å². The van der Waals surface area contributed by atoms with Crippen molar-refractivity contribution >= 4 is 18.3 Å². The van der Waals surface area contributed by atoms with Gasteiger partial charge in [-0.15, -0.1) is 12.4 Å². The average molecular weight is 285 g/mol. The van der Waals surface area contributed by atoms with E-state index >= 15 is 0 Å². The van der Waals surface area contributed by atoms with Crippen molar-refractivity contribution in [1.82, 2.24) is 4.90 Å². The zero-order valence-electron chi connectivity index (χ0n) is 12.2. The van der Waals surface area contributed by atoms with Crippen LogP contribution >= 0.6 is 12.4 Å². The van der Waals surface area contributed by atoms with Crippen LogP contribution in [0.3, 0.4) is 0 Å². The van der Waals surface area contributed by atoms with Gasteiger partial charge in [-0.3, -0.25) is 4.79 Å². The number of nitrogens with two attached hydrogens (primary N) is 1. The van der Waals surface area contributed by atoms with Gasteiger partial charge in [-0.05, 0) is 18.4 Å². The first-order valence-electron chi connectivity index (χ1n) is 6.49. The van der Waals surface area contributed by atoms with Crippen molar-refractivity contribution < 1.29 is 4.79 Å². The lowest BCUT2D eigenvalue weighted by molar-refractivity contribution is -0.135. The summed E-state index contributed by atoms with van der Waals surface area (Å²) in [6.45, 7) is 6.79. The van der Waals surface area contributed by atoms with Crippen molar-refractivity contribution in [2.45, 2.75) is 32.7 Å². The van der Waals surface area contributed by atoms with E-state index in [4.69, 9.17) is 5.73 Å². The maximum Gasteiger partial charge on any atom is 0.246 e. The Morgan fingerprint density at radius 3 is 2.37 bits per heavy atom. The van der Waals surface area contributed by atoms with Crippen LogP contribution in [0, 0.1) is 5.92 Å². The van der Waals surface area contributed by atoms with Crippen molar-refractivity contribution in [3.05, 3.63) is 35.9 Å². The molecule has 0 saturated heterocycles. The van der Waals surface area contributed by atoms with Crippen LogP contribution in [-0.2, 0) is 10.3 Å². The van der Waals surface area contributed by atoms with Gasteiger partial charge in [0.15, 0.2) is 0 Å². The Kier molecular flexibility index (Phi) is 7.09. The van der Waals surface area contributed by atoms with Crippen LogP contribution in [0.15, 0.2) is 30.3 Å². The molecule has 0 aromatic heterocycles. The number of amides is 1. The van der Waals surface area contributed by atoms with E-state index in [0.29, 0.717) is 5.92 Å². The summed E-state index contributed by atoms with van der Waals surface area (Å²) in [5.41, 5.74) is 6.11. The first-order chi connectivity index (χ1) is 8.39. The summed E-state index contributed by atoms with van der Waals surface area (Å²) in [5.74, 6) is 0.458. The highest BCUT2D eigenvalue weighted by Gasteiger charge is 2.33. The molecule has 0 radical (unpaired) electrons. The number of hydrogen-bond acceptors (Lipinski definition) is 2. The van der Waals surface area contributed by atoms with Crippen molar-refractivity contribution in [3.8, 4) is 0 Å². The molecule has 0 aliphatic heterocycles. The van der Waals surface area contributed by atoms with Crippen LogP contribution in [0.4, 0.5) is 0 Å². The van der Waals surface area contributed by atoms with E-state index in [1.54, 1.807) is 11.8 Å². The lowest BCUT2D eigenvalue weighted by Crippen LogP contribution is -2.50. The van der Waals surface area contributed by atoms with Gasteiger partial charge in [0, 0.05) is 13.6 Å². The molecule has 4 heteroatoms. The third-order valence-electron chi connectivity index (χ3n) is 3.45. The predicted octanol–water partition coefficient (Wildman–Crippen LogP) is 2.79. The van der Waals surface area contributed by atoms with Gasteiger partial charge in [0.1, 0.15) is 5.54 Å². The number of benzene rings is 1. The Morgan fingerprint density at radius 2 is 1.89 bits per heavy atom. The highest BCUT2D eigenvalue weighted by Crippen LogP contribution is 2.20. The minimum absolute atomic E-state index is 0. The lowest BCUT2D eigenvalue weighted by Gasteiger charge is -2.31. The fourth-order valence-corrected chi connectivity index (χ4v) is 1.98. The number of halogens is 1. The second-order valence-corrected chi connectivity index (χ2v) is 5.27. The van der Waals surface area contributed by atoms with Gasteiger partial charge < -0.3 is 10.6 Å². The molecule has 0 saturated carbocycles. The van der Waals surface area contributed by atoms with E-state index in [2.05, 4.69) is 13.8 Å². The summed E-state index contributed by atoms with van der Waals surface area (Å²) in [4.78, 5) is 14.2. The molecule has 2 unspecified atom stereocenters. The number of carbonyl (C=O) groups excluding carboxylic acids is 1. The second kappa shape index (κ2) is 7.51. The Labute approximate surface area is 122 Å². The summed E-state index contributed by atoms with van der Waals surface area (Å²) in [6.07, 6.45) is 1.06. The summed E-state index contributed by atoms with van der Waals surface area (Å²) in [6, 6.07) is 9.53. The van der Waals surface area contributed by atoms with E-state index in [-0.39, 0.29) is 18.3 Å². The molecular formula is C15H25ClN2O. The summed E-state index contributed by atoms with van der Waals surface area (Å²) in [5, 5.41) is 0. The number of nitrogens with zero attached hydrogens (tertiary/aromatic N) is 1. The number of rotatable bonds is 5. The van der Waals surface area contributed by atoms with Crippen molar-refractivity contribution in [2.24, 2.45) is 11.7 Å². The second-order valence-electron chi connectivity index (χ2n) is 5.27. The maximum atomic E-state index is 12.4. The molecule has 1 rings (SSSR count). The average Bonchev–Trinajstić information content (AvgIpc) is 2.38. The van der Waals surface area contributed by atoms with Gasteiger partial charge in [0.2, 0.25) is 5.91 Å². The van der Waals surface area contributed by atoms with Gasteiger partial charge >= 0.3 is 0 Å². The third kappa shape index (κ3) is 4.51. The predicted molar refractivity (Wildman–Crippen MR) is 82.3 cm³/mol. The standard InChI is InChI=1S/C15H24N2O.ClH/c1-5-12(2)11-17(4)14(18)15(3,16)13-9-7-6-8-10-13;/h6-10,12H,5,11,16H2,1-4H3;1H. The van der Waals surface area contributed by atoms with Crippen molar-refractivity contribution in [3.63, 3.8) is 0 Å². The number of hydrogen-bond donors (Lipinski definition) is 1. The van der Waals surface area contributed by atoms with Gasteiger partial charge in [0.05, 0.1) is 0 Å². The monoisotopic (exact) mass is 284 g/mol. The molecular weight excluding hydrogens is 260 g/mol. The quantitative estimate of drug-likeness (QED) is 0.904. The number of carbonyl (C=O) groups is 1. The SMILES string of the molecule is CCC(C)CN(C)C(=O)C(C)(N)c1ccccc1.Cl. The summed E-state index contributed by atoms with van der Waals surface area (Å²) < 4.78 is 0. The Balaban J connectivity index is 0.00000324. The van der Waals surface area contributed by atoms with Gasteiger partial charge in [-0.2, -0.15) is 0 Å². The fourth-order valence-electron chi connectivity index (χ4n) is 1.98. The molecule has 2 N–H and O–H groups in total. The molecule has 0 spiro atoms. The van der Waals surface area contributed by atoms with E-state index in [1.165, 1.54) is 0 Å². The van der Waals surface area contributed by atoms with Crippen LogP contribution in [-0.4, -0.2) is 24.4 Å². The summed E-state index contributed by atoms with van der Waals surface area (Å²) in [7, 11) is 1.82. The molecule has 0 bridgehead atoms. The van der Waals surface area contributed by atoms with E-state index in [0.717, 1.165) is 18.5 Å². The molecule has 2 atom stereocenters. The van der Waals surface area contributed by atoms with Crippen LogP contribution < -0.4 is 5.73 Å². The lowest BCUT2D eigenvalue weighted by atomic mass is 9.91. The molecule has 19 heavy (non-hydrogen) atoms. The molecule has 0 fully saturated rings. The number of likely N-dealkylation sites (N-methyl/N-ethyl adjacent to an activating group) is 1. The molecule has 108 valence electrons. The topological polar surface area (TPSA) is 46.3 Å². The highest BCUT2D eigenvalue weighted by molar-refractivity contribution is 5.86. The molecule has 1 aromatic rings. The molecule has 0 aliphatic rings. The first kappa shape index (κ1) is 17.9. The smallest absolute Gasteiger partial charge is 0.246 e. The summed E-state index contributed by atoms with van der Waals surface area (Å²) >= 11 is 0. The van der Waals surface area contributed by atoms with Crippen molar-refractivity contribution in [2.75, 3.05) is 13.6 Å². The van der Waals surface area contributed by atoms with Crippen LogP contribution in [0.25, 0.3) is 0 Å². The maximum absolute atomic E-state index is 12.4. The third-order valence-corrected chi connectivity index (χ3v) is 3.45. The Hall–Kier alpha value is -1.06. The Morgan fingerprint density at radius 1 is 1.37 bits per heavy atom. The van der Waals surface area contributed by atoms with Crippen LogP contribution in [0.5, 0.6) is 0 Å². The zero-order chi connectivity index (χ0) is 13.8. The fraction of sp³-hybridized carbons (Fsp3) is 0.533. The van der Waals surface area contributed by atoms with Crippen LogP contribution in [0.2, 0.25) is 0 Å². The van der Waals surface area contributed by atoms with Crippen molar-refractivity contribution in [1.29, 1.82) is 0 Å². The molecule has 3 nitrogen and oxygen atoms in total.